The number of aromatic nitrogens is 1. The summed E-state index contributed by atoms with van der Waals surface area (Å²) in [6.07, 6.45) is -1.09. The number of amides is 1. The van der Waals surface area contributed by atoms with E-state index in [1.54, 1.807) is 48.5 Å². The number of esters is 1. The summed E-state index contributed by atoms with van der Waals surface area (Å²) in [6, 6.07) is 19.7. The van der Waals surface area contributed by atoms with Crippen molar-refractivity contribution in [2.24, 2.45) is 7.05 Å². The van der Waals surface area contributed by atoms with Crippen molar-refractivity contribution in [1.82, 2.24) is 4.57 Å². The molecule has 4 aromatic rings. The second kappa shape index (κ2) is 9.76. The standard InChI is InChI=1S/C28H25ClN2O4/c1-16-13-17(2)15-21(14-16)30-26(32)18(3)35-28(34)25-24(19-9-11-20(29)12-10-19)22-7-5-6-8-23(22)27(33)31(25)4/h5-15,18H,1-4H3,(H,30,32). The third kappa shape index (κ3) is 4.98. The van der Waals surface area contributed by atoms with Gasteiger partial charge in [-0.1, -0.05) is 48.0 Å². The number of nitrogens with zero attached hydrogens (tertiary/aromatic N) is 1. The fourth-order valence-electron chi connectivity index (χ4n) is 4.17. The summed E-state index contributed by atoms with van der Waals surface area (Å²) >= 11 is 6.07. The lowest BCUT2D eigenvalue weighted by molar-refractivity contribution is -0.123. The molecule has 0 aliphatic heterocycles. The van der Waals surface area contributed by atoms with Crippen molar-refractivity contribution in [2.75, 3.05) is 5.32 Å². The molecule has 35 heavy (non-hydrogen) atoms. The molecule has 0 aliphatic rings. The van der Waals surface area contributed by atoms with Gasteiger partial charge in [-0.25, -0.2) is 4.79 Å². The van der Waals surface area contributed by atoms with Crippen LogP contribution in [0.15, 0.2) is 71.5 Å². The molecule has 1 N–H and O–H groups in total. The quantitative estimate of drug-likeness (QED) is 0.368. The lowest BCUT2D eigenvalue weighted by atomic mass is 9.96. The lowest BCUT2D eigenvalue weighted by Gasteiger charge is -2.19. The Hall–Kier alpha value is -3.90. The number of ether oxygens (including phenoxy) is 1. The van der Waals surface area contributed by atoms with Gasteiger partial charge in [0.15, 0.2) is 6.10 Å². The number of carbonyl (C=O) groups is 2. The van der Waals surface area contributed by atoms with E-state index in [-0.39, 0.29) is 11.3 Å². The second-order valence-electron chi connectivity index (χ2n) is 8.55. The molecule has 4 rings (SSSR count). The van der Waals surface area contributed by atoms with Gasteiger partial charge in [0.2, 0.25) is 0 Å². The molecule has 0 fully saturated rings. The molecule has 0 aliphatic carbocycles. The summed E-state index contributed by atoms with van der Waals surface area (Å²) in [6.45, 7) is 5.37. The summed E-state index contributed by atoms with van der Waals surface area (Å²) < 4.78 is 6.83. The van der Waals surface area contributed by atoms with Crippen molar-refractivity contribution in [2.45, 2.75) is 26.9 Å². The first kappa shape index (κ1) is 24.2. The van der Waals surface area contributed by atoms with Gasteiger partial charge in [-0.05, 0) is 73.2 Å². The third-order valence-corrected chi connectivity index (χ3v) is 6.02. The summed E-state index contributed by atoms with van der Waals surface area (Å²) in [7, 11) is 1.52. The molecular weight excluding hydrogens is 464 g/mol. The molecule has 1 amide bonds. The summed E-state index contributed by atoms with van der Waals surface area (Å²) in [5, 5.41) is 4.41. The van der Waals surface area contributed by atoms with E-state index in [0.717, 1.165) is 11.1 Å². The molecule has 0 saturated carbocycles. The maximum Gasteiger partial charge on any atom is 0.356 e. The Morgan fingerprint density at radius 3 is 2.17 bits per heavy atom. The first-order valence-corrected chi connectivity index (χ1v) is 11.5. The molecule has 7 heteroatoms. The van der Waals surface area contributed by atoms with Gasteiger partial charge < -0.3 is 14.6 Å². The minimum absolute atomic E-state index is 0.0575. The summed E-state index contributed by atoms with van der Waals surface area (Å²) in [5.74, 6) is -1.24. The maximum absolute atomic E-state index is 13.4. The van der Waals surface area contributed by atoms with Crippen molar-refractivity contribution in [3.05, 3.63) is 98.9 Å². The van der Waals surface area contributed by atoms with Crippen LogP contribution in [0, 0.1) is 13.8 Å². The zero-order chi connectivity index (χ0) is 25.3. The molecule has 0 radical (unpaired) electrons. The molecule has 1 heterocycles. The molecule has 0 bridgehead atoms. The molecule has 1 aromatic heterocycles. The Bertz CT molecular complexity index is 1490. The van der Waals surface area contributed by atoms with Crippen molar-refractivity contribution < 1.29 is 14.3 Å². The van der Waals surface area contributed by atoms with Gasteiger partial charge in [0.25, 0.3) is 11.5 Å². The minimum atomic E-state index is -1.09. The van der Waals surface area contributed by atoms with Crippen LogP contribution in [0.25, 0.3) is 21.9 Å². The highest BCUT2D eigenvalue weighted by Gasteiger charge is 2.26. The Labute approximate surface area is 208 Å². The number of anilines is 1. The van der Waals surface area contributed by atoms with E-state index in [1.165, 1.54) is 18.5 Å². The Morgan fingerprint density at radius 1 is 0.943 bits per heavy atom. The predicted octanol–water partition coefficient (Wildman–Crippen LogP) is 5.66. The number of fused-ring (bicyclic) bond motifs is 1. The Kier molecular flexibility index (Phi) is 6.76. The highest BCUT2D eigenvalue weighted by atomic mass is 35.5. The zero-order valence-corrected chi connectivity index (χ0v) is 20.6. The highest BCUT2D eigenvalue weighted by molar-refractivity contribution is 6.30. The molecule has 1 atom stereocenters. The van der Waals surface area contributed by atoms with Crippen LogP contribution in [0.4, 0.5) is 5.69 Å². The van der Waals surface area contributed by atoms with E-state index in [9.17, 15) is 14.4 Å². The maximum atomic E-state index is 13.4. The van der Waals surface area contributed by atoms with Crippen LogP contribution in [0.1, 0.15) is 28.5 Å². The van der Waals surface area contributed by atoms with E-state index in [1.807, 2.05) is 32.0 Å². The van der Waals surface area contributed by atoms with Crippen LogP contribution < -0.4 is 10.9 Å². The number of benzene rings is 3. The van der Waals surface area contributed by atoms with Crippen LogP contribution in [-0.4, -0.2) is 22.5 Å². The lowest BCUT2D eigenvalue weighted by Crippen LogP contribution is -2.33. The fraction of sp³-hybridized carbons (Fsp3) is 0.179. The monoisotopic (exact) mass is 488 g/mol. The van der Waals surface area contributed by atoms with Crippen LogP contribution in [0.5, 0.6) is 0 Å². The van der Waals surface area contributed by atoms with Crippen molar-refractivity contribution in [3.8, 4) is 11.1 Å². The molecule has 178 valence electrons. The van der Waals surface area contributed by atoms with Gasteiger partial charge in [-0.15, -0.1) is 0 Å². The van der Waals surface area contributed by atoms with Gasteiger partial charge >= 0.3 is 5.97 Å². The number of hydrogen-bond donors (Lipinski definition) is 1. The van der Waals surface area contributed by atoms with Gasteiger partial charge in [0, 0.05) is 28.7 Å². The Morgan fingerprint density at radius 2 is 1.54 bits per heavy atom. The zero-order valence-electron chi connectivity index (χ0n) is 19.9. The SMILES string of the molecule is Cc1cc(C)cc(NC(=O)C(C)OC(=O)c2c(-c3ccc(Cl)cc3)c3ccccc3c(=O)n2C)c1. The molecule has 1 unspecified atom stereocenters. The van der Waals surface area contributed by atoms with E-state index in [0.29, 0.717) is 32.6 Å². The third-order valence-electron chi connectivity index (χ3n) is 5.77. The summed E-state index contributed by atoms with van der Waals surface area (Å²) in [4.78, 5) is 39.3. The van der Waals surface area contributed by atoms with Crippen LogP contribution in [-0.2, 0) is 16.6 Å². The topological polar surface area (TPSA) is 77.4 Å². The van der Waals surface area contributed by atoms with E-state index >= 15 is 0 Å². The average molecular weight is 489 g/mol. The van der Waals surface area contributed by atoms with E-state index < -0.39 is 18.0 Å². The average Bonchev–Trinajstić information content (AvgIpc) is 2.81. The number of carbonyl (C=O) groups excluding carboxylic acids is 2. The van der Waals surface area contributed by atoms with E-state index in [2.05, 4.69) is 5.32 Å². The number of aryl methyl sites for hydroxylation is 2. The number of halogens is 1. The highest BCUT2D eigenvalue weighted by Crippen LogP contribution is 2.32. The number of rotatable bonds is 5. The number of pyridine rings is 1. The van der Waals surface area contributed by atoms with E-state index in [4.69, 9.17) is 16.3 Å². The number of hydrogen-bond acceptors (Lipinski definition) is 4. The minimum Gasteiger partial charge on any atom is -0.448 e. The van der Waals surface area contributed by atoms with Gasteiger partial charge in [-0.3, -0.25) is 9.59 Å². The molecule has 3 aromatic carbocycles. The van der Waals surface area contributed by atoms with Crippen LogP contribution in [0.3, 0.4) is 0 Å². The molecule has 0 spiro atoms. The summed E-state index contributed by atoms with van der Waals surface area (Å²) in [5.41, 5.74) is 3.58. The predicted molar refractivity (Wildman–Crippen MR) is 139 cm³/mol. The van der Waals surface area contributed by atoms with Gasteiger partial charge in [0.1, 0.15) is 5.69 Å². The van der Waals surface area contributed by atoms with Crippen molar-refractivity contribution >= 4 is 39.9 Å². The Balaban J connectivity index is 1.73. The normalized spacial score (nSPS) is 11.8. The van der Waals surface area contributed by atoms with Gasteiger partial charge in [-0.2, -0.15) is 0 Å². The molecule has 0 saturated heterocycles. The number of nitrogens with one attached hydrogen (secondary N) is 1. The second-order valence-corrected chi connectivity index (χ2v) is 8.99. The first-order valence-electron chi connectivity index (χ1n) is 11.1. The molecular formula is C28H25ClN2O4. The van der Waals surface area contributed by atoms with Crippen LogP contribution >= 0.6 is 11.6 Å². The smallest absolute Gasteiger partial charge is 0.356 e. The van der Waals surface area contributed by atoms with Gasteiger partial charge in [0.05, 0.1) is 0 Å². The van der Waals surface area contributed by atoms with Crippen molar-refractivity contribution in [1.29, 1.82) is 0 Å². The fourth-order valence-corrected chi connectivity index (χ4v) is 4.30. The van der Waals surface area contributed by atoms with Crippen LogP contribution in [0.2, 0.25) is 5.02 Å². The largest absolute Gasteiger partial charge is 0.448 e. The first-order chi connectivity index (χ1) is 16.7. The molecule has 6 nitrogen and oxygen atoms in total. The van der Waals surface area contributed by atoms with Crippen molar-refractivity contribution in [3.63, 3.8) is 0 Å².